The van der Waals surface area contributed by atoms with E-state index in [0.29, 0.717) is 5.56 Å². The van der Waals surface area contributed by atoms with E-state index in [1.807, 2.05) is 48.5 Å². The van der Waals surface area contributed by atoms with Gasteiger partial charge in [-0.3, -0.25) is 4.79 Å². The average molecular weight is 452 g/mol. The molecular weight excluding hydrogens is 430 g/mol. The van der Waals surface area contributed by atoms with Crippen LogP contribution in [0.5, 0.6) is 0 Å². The van der Waals surface area contributed by atoms with Gasteiger partial charge in [0.25, 0.3) is 5.91 Å². The number of rotatable bonds is 4. The summed E-state index contributed by atoms with van der Waals surface area (Å²) >= 11 is 3.39. The smallest absolute Gasteiger partial charge is 0.255 e. The van der Waals surface area contributed by atoms with Crippen molar-refractivity contribution in [1.82, 2.24) is 15.1 Å². The highest BCUT2D eigenvalue weighted by atomic mass is 79.9. The minimum atomic E-state index is -0.143. The third kappa shape index (κ3) is 4.81. The maximum atomic E-state index is 12.4. The Morgan fingerprint density at radius 1 is 0.966 bits per heavy atom. The zero-order chi connectivity index (χ0) is 20.2. The number of halogens is 1. The first-order chi connectivity index (χ1) is 14.1. The minimum Gasteiger partial charge on any atom is -0.353 e. The lowest BCUT2D eigenvalue weighted by Gasteiger charge is -2.32. The monoisotopic (exact) mass is 451 g/mol. The zero-order valence-electron chi connectivity index (χ0n) is 16.2. The summed E-state index contributed by atoms with van der Waals surface area (Å²) in [7, 11) is 2.14. The number of carbonyl (C=O) groups excluding carboxylic acids is 1. The number of aromatic nitrogens is 2. The number of carbonyl (C=O) groups is 1. The Hall–Kier alpha value is -2.77. The van der Waals surface area contributed by atoms with Gasteiger partial charge < -0.3 is 15.1 Å². The molecule has 2 aromatic carbocycles. The number of anilines is 2. The molecule has 0 spiro atoms. The highest BCUT2D eigenvalue weighted by molar-refractivity contribution is 9.10. The van der Waals surface area contributed by atoms with E-state index in [2.05, 4.69) is 48.3 Å². The van der Waals surface area contributed by atoms with Crippen LogP contribution in [0.3, 0.4) is 0 Å². The number of likely N-dealkylation sites (N-methyl/N-ethyl adjacent to an activating group) is 1. The molecule has 1 N–H and O–H groups in total. The topological polar surface area (TPSA) is 61.4 Å². The molecule has 1 aliphatic heterocycles. The first-order valence-corrected chi connectivity index (χ1v) is 10.3. The van der Waals surface area contributed by atoms with E-state index in [9.17, 15) is 4.79 Å². The maximum Gasteiger partial charge on any atom is 0.255 e. The van der Waals surface area contributed by atoms with Crippen molar-refractivity contribution in [1.29, 1.82) is 0 Å². The van der Waals surface area contributed by atoms with Crippen molar-refractivity contribution in [3.63, 3.8) is 0 Å². The lowest BCUT2D eigenvalue weighted by Crippen LogP contribution is -2.44. The van der Waals surface area contributed by atoms with Crippen LogP contribution in [0.15, 0.2) is 65.1 Å². The molecule has 0 saturated carbocycles. The van der Waals surface area contributed by atoms with E-state index < -0.39 is 0 Å². The Bertz CT molecular complexity index is 983. The Morgan fingerprint density at radius 3 is 2.38 bits per heavy atom. The number of benzene rings is 2. The molecule has 0 bridgehead atoms. The second-order valence-electron chi connectivity index (χ2n) is 7.11. The Kier molecular flexibility index (Phi) is 5.87. The quantitative estimate of drug-likeness (QED) is 0.651. The fraction of sp³-hybridized carbons (Fsp3) is 0.227. The number of hydrogen-bond donors (Lipinski definition) is 1. The highest BCUT2D eigenvalue weighted by Gasteiger charge is 2.15. The number of amides is 1. The minimum absolute atomic E-state index is 0.143. The highest BCUT2D eigenvalue weighted by Crippen LogP contribution is 2.22. The molecule has 0 unspecified atom stereocenters. The van der Waals surface area contributed by atoms with Crippen LogP contribution in [0, 0.1) is 0 Å². The van der Waals surface area contributed by atoms with Gasteiger partial charge >= 0.3 is 0 Å². The van der Waals surface area contributed by atoms with E-state index in [1.165, 1.54) is 0 Å². The van der Waals surface area contributed by atoms with Gasteiger partial charge in [0.15, 0.2) is 5.82 Å². The molecule has 1 amide bonds. The summed E-state index contributed by atoms with van der Waals surface area (Å²) in [6.45, 7) is 4.01. The van der Waals surface area contributed by atoms with Crippen LogP contribution in [-0.2, 0) is 0 Å². The summed E-state index contributed by atoms with van der Waals surface area (Å²) in [5.41, 5.74) is 3.12. The van der Waals surface area contributed by atoms with Crippen molar-refractivity contribution in [2.45, 2.75) is 0 Å². The van der Waals surface area contributed by atoms with Crippen LogP contribution < -0.4 is 10.2 Å². The fourth-order valence-corrected chi connectivity index (χ4v) is 3.64. The molecule has 1 fully saturated rings. The molecule has 29 heavy (non-hydrogen) atoms. The molecule has 148 valence electrons. The number of nitrogens with one attached hydrogen (secondary N) is 1. The molecule has 6 nitrogen and oxygen atoms in total. The summed E-state index contributed by atoms with van der Waals surface area (Å²) in [6, 6.07) is 19.0. The van der Waals surface area contributed by atoms with Gasteiger partial charge in [0.05, 0.1) is 5.69 Å². The van der Waals surface area contributed by atoms with E-state index in [4.69, 9.17) is 0 Å². The molecule has 0 aliphatic carbocycles. The third-order valence-electron chi connectivity index (χ3n) is 5.00. The van der Waals surface area contributed by atoms with Gasteiger partial charge in [-0.05, 0) is 49.5 Å². The van der Waals surface area contributed by atoms with Crippen LogP contribution >= 0.6 is 15.9 Å². The molecule has 1 saturated heterocycles. The van der Waals surface area contributed by atoms with Crippen LogP contribution in [0.4, 0.5) is 11.5 Å². The van der Waals surface area contributed by atoms with Crippen molar-refractivity contribution < 1.29 is 4.79 Å². The van der Waals surface area contributed by atoms with Crippen molar-refractivity contribution >= 4 is 33.3 Å². The predicted molar refractivity (Wildman–Crippen MR) is 119 cm³/mol. The summed E-state index contributed by atoms with van der Waals surface area (Å²) in [6.07, 6.45) is 0. The van der Waals surface area contributed by atoms with Gasteiger partial charge in [-0.1, -0.05) is 34.1 Å². The molecule has 0 radical (unpaired) electrons. The van der Waals surface area contributed by atoms with Crippen molar-refractivity contribution in [2.75, 3.05) is 43.4 Å². The lowest BCUT2D eigenvalue weighted by atomic mass is 10.1. The number of hydrogen-bond acceptors (Lipinski definition) is 5. The summed E-state index contributed by atoms with van der Waals surface area (Å²) in [5.74, 6) is 0.773. The Balaban J connectivity index is 1.42. The van der Waals surface area contributed by atoms with Gasteiger partial charge in [-0.2, -0.15) is 0 Å². The normalized spacial score (nSPS) is 14.6. The predicted octanol–water partition coefficient (Wildman–Crippen LogP) is 3.91. The van der Waals surface area contributed by atoms with Gasteiger partial charge in [-0.15, -0.1) is 10.2 Å². The standard InChI is InChI=1S/C22H22BrN5O/c1-27-11-13-28(14-12-27)21-10-9-20(25-26-21)16-5-7-19(8-6-16)24-22(29)17-3-2-4-18(23)15-17/h2-10,15H,11-14H2,1H3,(H,24,29). The molecular formula is C22H22BrN5O. The fourth-order valence-electron chi connectivity index (χ4n) is 3.24. The largest absolute Gasteiger partial charge is 0.353 e. The van der Waals surface area contributed by atoms with Crippen LogP contribution in [0.1, 0.15) is 10.4 Å². The van der Waals surface area contributed by atoms with Crippen molar-refractivity contribution in [2.24, 2.45) is 0 Å². The second kappa shape index (κ2) is 8.71. The summed E-state index contributed by atoms with van der Waals surface area (Å²) in [5, 5.41) is 11.7. The lowest BCUT2D eigenvalue weighted by molar-refractivity contribution is 0.102. The van der Waals surface area contributed by atoms with Crippen LogP contribution in [0.2, 0.25) is 0 Å². The van der Waals surface area contributed by atoms with E-state index in [-0.39, 0.29) is 5.91 Å². The molecule has 3 aromatic rings. The van der Waals surface area contributed by atoms with E-state index >= 15 is 0 Å². The molecule has 7 heteroatoms. The molecule has 4 rings (SSSR count). The van der Waals surface area contributed by atoms with Crippen LogP contribution in [-0.4, -0.2) is 54.2 Å². The van der Waals surface area contributed by atoms with Gasteiger partial charge in [-0.25, -0.2) is 0 Å². The van der Waals surface area contributed by atoms with Gasteiger partial charge in [0.2, 0.25) is 0 Å². The third-order valence-corrected chi connectivity index (χ3v) is 5.50. The van der Waals surface area contributed by atoms with Crippen molar-refractivity contribution in [3.05, 3.63) is 70.7 Å². The molecule has 0 atom stereocenters. The first-order valence-electron chi connectivity index (χ1n) is 9.53. The molecule has 1 aliphatic rings. The zero-order valence-corrected chi connectivity index (χ0v) is 17.8. The molecule has 2 heterocycles. The van der Waals surface area contributed by atoms with Gasteiger partial charge in [0.1, 0.15) is 0 Å². The SMILES string of the molecule is CN1CCN(c2ccc(-c3ccc(NC(=O)c4cccc(Br)c4)cc3)nn2)CC1. The Morgan fingerprint density at radius 2 is 1.72 bits per heavy atom. The Labute approximate surface area is 178 Å². The molecule has 1 aromatic heterocycles. The maximum absolute atomic E-state index is 12.4. The average Bonchev–Trinajstić information content (AvgIpc) is 2.75. The van der Waals surface area contributed by atoms with Crippen LogP contribution in [0.25, 0.3) is 11.3 Å². The van der Waals surface area contributed by atoms with E-state index in [0.717, 1.165) is 53.4 Å². The number of nitrogens with zero attached hydrogens (tertiary/aromatic N) is 4. The second-order valence-corrected chi connectivity index (χ2v) is 8.02. The van der Waals surface area contributed by atoms with E-state index in [1.54, 1.807) is 12.1 Å². The van der Waals surface area contributed by atoms with Crippen molar-refractivity contribution in [3.8, 4) is 11.3 Å². The summed E-state index contributed by atoms with van der Waals surface area (Å²) < 4.78 is 0.874. The van der Waals surface area contributed by atoms with Gasteiger partial charge in [0, 0.05) is 47.5 Å². The first kappa shape index (κ1) is 19.5. The number of piperazine rings is 1. The summed E-state index contributed by atoms with van der Waals surface area (Å²) in [4.78, 5) is 16.9.